The summed E-state index contributed by atoms with van der Waals surface area (Å²) in [4.78, 5) is 14.1. The first-order chi connectivity index (χ1) is 4.70. The third-order valence-corrected chi connectivity index (χ3v) is 0.900. The molecule has 1 rings (SSSR count). The normalized spacial score (nSPS) is 9.30. The molecule has 5 nitrogen and oxygen atoms in total. The van der Waals surface area contributed by atoms with Crippen molar-refractivity contribution in [3.8, 4) is 0 Å². The van der Waals surface area contributed by atoms with Crippen molar-refractivity contribution in [1.82, 2.24) is 15.2 Å². The third kappa shape index (κ3) is 1.25. The Morgan fingerprint density at radius 1 is 1.70 bits per heavy atom. The van der Waals surface area contributed by atoms with Gasteiger partial charge >= 0.3 is 0 Å². The zero-order valence-electron chi connectivity index (χ0n) is 5.40. The van der Waals surface area contributed by atoms with E-state index in [1.54, 1.807) is 6.92 Å². The van der Waals surface area contributed by atoms with Crippen molar-refractivity contribution in [1.29, 1.82) is 0 Å². The lowest BCUT2D eigenvalue weighted by Crippen LogP contribution is -2.16. The van der Waals surface area contributed by atoms with Gasteiger partial charge in [0.05, 0.1) is 11.9 Å². The molecule has 0 unspecified atom stereocenters. The SMILES string of the molecule is Cc1cnnc(C(N)=O)n1. The molecule has 0 saturated heterocycles. The molecule has 0 bridgehead atoms. The number of primary amides is 1. The second-order valence-corrected chi connectivity index (χ2v) is 1.79. The van der Waals surface area contributed by atoms with E-state index < -0.39 is 5.91 Å². The summed E-state index contributed by atoms with van der Waals surface area (Å²) in [7, 11) is 0. The van der Waals surface area contributed by atoms with Crippen LogP contribution in [-0.2, 0) is 0 Å². The molecule has 2 N–H and O–H groups in total. The molecule has 0 radical (unpaired) electrons. The van der Waals surface area contributed by atoms with Gasteiger partial charge in [0, 0.05) is 0 Å². The molecule has 0 fully saturated rings. The number of hydrogen-bond donors (Lipinski definition) is 1. The van der Waals surface area contributed by atoms with Crippen LogP contribution in [-0.4, -0.2) is 21.1 Å². The van der Waals surface area contributed by atoms with Crippen molar-refractivity contribution in [2.24, 2.45) is 5.73 Å². The van der Waals surface area contributed by atoms with Crippen molar-refractivity contribution >= 4 is 5.91 Å². The number of carbonyl (C=O) groups is 1. The molecule has 0 aliphatic rings. The van der Waals surface area contributed by atoms with Crippen LogP contribution in [0.2, 0.25) is 0 Å². The Labute approximate surface area is 57.3 Å². The minimum atomic E-state index is -0.656. The van der Waals surface area contributed by atoms with Gasteiger partial charge in [0.15, 0.2) is 0 Å². The van der Waals surface area contributed by atoms with E-state index in [9.17, 15) is 4.79 Å². The van der Waals surface area contributed by atoms with Gasteiger partial charge in [-0.15, -0.1) is 5.10 Å². The van der Waals surface area contributed by atoms with Gasteiger partial charge in [0.25, 0.3) is 5.91 Å². The molecule has 52 valence electrons. The first kappa shape index (κ1) is 6.60. The van der Waals surface area contributed by atoms with Crippen LogP contribution in [0.25, 0.3) is 0 Å². The Balaban J connectivity index is 3.07. The lowest BCUT2D eigenvalue weighted by molar-refractivity contribution is 0.0989. The van der Waals surface area contributed by atoms with Gasteiger partial charge in [-0.05, 0) is 6.92 Å². The van der Waals surface area contributed by atoms with Gasteiger partial charge in [-0.25, -0.2) is 4.98 Å². The molecule has 0 aromatic carbocycles. The fourth-order valence-electron chi connectivity index (χ4n) is 0.490. The molecule has 0 saturated carbocycles. The number of hydrogen-bond acceptors (Lipinski definition) is 4. The van der Waals surface area contributed by atoms with E-state index in [-0.39, 0.29) is 5.82 Å². The van der Waals surface area contributed by atoms with Crippen molar-refractivity contribution in [2.75, 3.05) is 0 Å². The van der Waals surface area contributed by atoms with Gasteiger partial charge < -0.3 is 5.73 Å². The number of nitrogens with two attached hydrogens (primary N) is 1. The maximum atomic E-state index is 10.4. The molecule has 1 heterocycles. The third-order valence-electron chi connectivity index (χ3n) is 0.900. The molecular formula is C5H6N4O. The summed E-state index contributed by atoms with van der Waals surface area (Å²) in [6.45, 7) is 1.71. The highest BCUT2D eigenvalue weighted by Crippen LogP contribution is 1.87. The van der Waals surface area contributed by atoms with Crippen LogP contribution in [0, 0.1) is 6.92 Å². The van der Waals surface area contributed by atoms with Gasteiger partial charge in [-0.2, -0.15) is 5.10 Å². The van der Waals surface area contributed by atoms with Crippen molar-refractivity contribution in [3.05, 3.63) is 17.7 Å². The summed E-state index contributed by atoms with van der Waals surface area (Å²) < 4.78 is 0. The zero-order chi connectivity index (χ0) is 7.56. The lowest BCUT2D eigenvalue weighted by Gasteiger charge is -1.91. The Kier molecular flexibility index (Phi) is 1.57. The van der Waals surface area contributed by atoms with Crippen LogP contribution >= 0.6 is 0 Å². The number of aryl methyl sites for hydroxylation is 1. The topological polar surface area (TPSA) is 81.8 Å². The standard InChI is InChI=1S/C5H6N4O/c1-3-2-7-9-5(8-3)4(6)10/h2H,1H3,(H2,6,10). The summed E-state index contributed by atoms with van der Waals surface area (Å²) in [5.74, 6) is -0.698. The van der Waals surface area contributed by atoms with E-state index >= 15 is 0 Å². The van der Waals surface area contributed by atoms with E-state index in [0.717, 1.165) is 0 Å². The van der Waals surface area contributed by atoms with Crippen molar-refractivity contribution in [2.45, 2.75) is 6.92 Å². The fourth-order valence-corrected chi connectivity index (χ4v) is 0.490. The molecule has 0 atom stereocenters. The van der Waals surface area contributed by atoms with Crippen LogP contribution in [0.3, 0.4) is 0 Å². The number of nitrogens with zero attached hydrogens (tertiary/aromatic N) is 3. The van der Waals surface area contributed by atoms with Crippen molar-refractivity contribution < 1.29 is 4.79 Å². The van der Waals surface area contributed by atoms with Crippen molar-refractivity contribution in [3.63, 3.8) is 0 Å². The van der Waals surface area contributed by atoms with Gasteiger partial charge in [-0.1, -0.05) is 0 Å². The Hall–Kier alpha value is -1.52. The van der Waals surface area contributed by atoms with E-state index in [2.05, 4.69) is 15.2 Å². The van der Waals surface area contributed by atoms with Crippen LogP contribution in [0.4, 0.5) is 0 Å². The predicted molar refractivity (Wildman–Crippen MR) is 33.1 cm³/mol. The van der Waals surface area contributed by atoms with E-state index in [0.29, 0.717) is 5.69 Å². The van der Waals surface area contributed by atoms with Gasteiger partial charge in [0.1, 0.15) is 0 Å². The fraction of sp³-hybridized carbons (Fsp3) is 0.200. The average Bonchev–Trinajstić information content (AvgIpc) is 1.88. The molecule has 5 heteroatoms. The number of rotatable bonds is 1. The first-order valence-electron chi connectivity index (χ1n) is 2.66. The second-order valence-electron chi connectivity index (χ2n) is 1.79. The maximum absolute atomic E-state index is 10.4. The largest absolute Gasteiger partial charge is 0.363 e. The maximum Gasteiger partial charge on any atom is 0.288 e. The summed E-state index contributed by atoms with van der Waals surface area (Å²) in [5.41, 5.74) is 5.51. The Morgan fingerprint density at radius 2 is 2.40 bits per heavy atom. The van der Waals surface area contributed by atoms with E-state index in [1.165, 1.54) is 6.20 Å². The summed E-state index contributed by atoms with van der Waals surface area (Å²) >= 11 is 0. The molecule has 0 spiro atoms. The monoisotopic (exact) mass is 138 g/mol. The minimum Gasteiger partial charge on any atom is -0.363 e. The van der Waals surface area contributed by atoms with Crippen LogP contribution in [0.5, 0.6) is 0 Å². The Bertz CT molecular complexity index is 260. The molecule has 1 aromatic heterocycles. The summed E-state index contributed by atoms with van der Waals surface area (Å²) in [6, 6.07) is 0. The first-order valence-corrected chi connectivity index (χ1v) is 2.66. The van der Waals surface area contributed by atoms with Crippen LogP contribution < -0.4 is 5.73 Å². The van der Waals surface area contributed by atoms with E-state index in [4.69, 9.17) is 5.73 Å². The number of amides is 1. The zero-order valence-corrected chi connectivity index (χ0v) is 5.40. The van der Waals surface area contributed by atoms with Gasteiger partial charge in [-0.3, -0.25) is 4.79 Å². The van der Waals surface area contributed by atoms with E-state index in [1.807, 2.05) is 0 Å². The quantitative estimate of drug-likeness (QED) is 0.555. The highest BCUT2D eigenvalue weighted by atomic mass is 16.1. The predicted octanol–water partition coefficient (Wildman–Crippen LogP) is -0.721. The summed E-state index contributed by atoms with van der Waals surface area (Å²) in [6.07, 6.45) is 1.45. The molecular weight excluding hydrogens is 132 g/mol. The van der Waals surface area contributed by atoms with Crippen LogP contribution in [0.15, 0.2) is 6.20 Å². The van der Waals surface area contributed by atoms with Gasteiger partial charge in [0.2, 0.25) is 5.82 Å². The molecule has 0 aliphatic carbocycles. The minimum absolute atomic E-state index is 0.0417. The molecule has 10 heavy (non-hydrogen) atoms. The molecule has 1 aromatic rings. The highest BCUT2D eigenvalue weighted by Gasteiger charge is 2.02. The molecule has 0 aliphatic heterocycles. The lowest BCUT2D eigenvalue weighted by atomic mass is 10.5. The Morgan fingerprint density at radius 3 is 2.80 bits per heavy atom. The van der Waals surface area contributed by atoms with Crippen LogP contribution in [0.1, 0.15) is 16.3 Å². The highest BCUT2D eigenvalue weighted by molar-refractivity contribution is 5.88. The summed E-state index contributed by atoms with van der Waals surface area (Å²) in [5, 5.41) is 6.90. The second kappa shape index (κ2) is 2.38. The average molecular weight is 138 g/mol. The molecule has 1 amide bonds. The number of carbonyl (C=O) groups excluding carboxylic acids is 1. The smallest absolute Gasteiger partial charge is 0.288 e. The number of aromatic nitrogens is 3.